The summed E-state index contributed by atoms with van der Waals surface area (Å²) in [4.78, 5) is 22.8. The van der Waals surface area contributed by atoms with Crippen molar-refractivity contribution in [3.63, 3.8) is 0 Å². The van der Waals surface area contributed by atoms with Crippen LogP contribution in [-0.4, -0.2) is 51.7 Å². The van der Waals surface area contributed by atoms with Crippen LogP contribution in [0.15, 0.2) is 12.4 Å². The Morgan fingerprint density at radius 1 is 1.50 bits per heavy atom. The highest BCUT2D eigenvalue weighted by Gasteiger charge is 2.29. The second-order valence-corrected chi connectivity index (χ2v) is 4.28. The molecule has 0 bridgehead atoms. The lowest BCUT2D eigenvalue weighted by Gasteiger charge is -2.40. The Morgan fingerprint density at radius 2 is 2.28 bits per heavy atom. The van der Waals surface area contributed by atoms with Gasteiger partial charge in [0.2, 0.25) is 0 Å². The van der Waals surface area contributed by atoms with Crippen molar-refractivity contribution in [2.75, 3.05) is 30.3 Å². The molecular weight excluding hydrogens is 234 g/mol. The van der Waals surface area contributed by atoms with Crippen LogP contribution in [0.1, 0.15) is 13.3 Å². The number of anilines is 2. The first-order valence-electron chi connectivity index (χ1n) is 5.94. The van der Waals surface area contributed by atoms with Gasteiger partial charge in [-0.05, 0) is 6.42 Å². The molecule has 7 heteroatoms. The molecule has 1 atom stereocenters. The number of nitrogens with two attached hydrogens (primary N) is 1. The molecule has 7 nitrogen and oxygen atoms in total. The topological polar surface area (TPSA) is 95.6 Å². The van der Waals surface area contributed by atoms with E-state index in [0.29, 0.717) is 25.5 Å². The molecule has 1 aromatic rings. The van der Waals surface area contributed by atoms with E-state index in [1.165, 1.54) is 11.1 Å². The maximum Gasteiger partial charge on any atom is 0.407 e. The maximum atomic E-state index is 11.1. The summed E-state index contributed by atoms with van der Waals surface area (Å²) in [5.74, 6) is 1.13. The summed E-state index contributed by atoms with van der Waals surface area (Å²) >= 11 is 0. The molecule has 0 spiro atoms. The molecule has 0 saturated carbocycles. The number of aromatic nitrogens is 2. The third kappa shape index (κ3) is 2.44. The monoisotopic (exact) mass is 251 g/mol. The van der Waals surface area contributed by atoms with Gasteiger partial charge in [-0.1, -0.05) is 6.92 Å². The first-order chi connectivity index (χ1) is 8.61. The molecule has 3 N–H and O–H groups in total. The van der Waals surface area contributed by atoms with Gasteiger partial charge in [0.25, 0.3) is 0 Å². The zero-order valence-corrected chi connectivity index (χ0v) is 10.3. The van der Waals surface area contributed by atoms with Crippen LogP contribution in [0.3, 0.4) is 0 Å². The molecule has 1 amide bonds. The lowest BCUT2D eigenvalue weighted by Crippen LogP contribution is -2.55. The maximum absolute atomic E-state index is 11.1. The van der Waals surface area contributed by atoms with E-state index in [-0.39, 0.29) is 6.04 Å². The van der Waals surface area contributed by atoms with E-state index < -0.39 is 6.09 Å². The first kappa shape index (κ1) is 12.4. The van der Waals surface area contributed by atoms with E-state index in [4.69, 9.17) is 10.8 Å². The predicted octanol–water partition coefficient (Wildman–Crippen LogP) is 0.637. The third-order valence-electron chi connectivity index (χ3n) is 3.18. The summed E-state index contributed by atoms with van der Waals surface area (Å²) in [5.41, 5.74) is 5.49. The van der Waals surface area contributed by atoms with Crippen LogP contribution in [-0.2, 0) is 0 Å². The van der Waals surface area contributed by atoms with Crippen LogP contribution < -0.4 is 10.6 Å². The molecule has 1 aliphatic heterocycles. The molecule has 0 aromatic carbocycles. The van der Waals surface area contributed by atoms with Crippen molar-refractivity contribution in [3.05, 3.63) is 12.4 Å². The lowest BCUT2D eigenvalue weighted by molar-refractivity contribution is 0.116. The molecule has 18 heavy (non-hydrogen) atoms. The second kappa shape index (κ2) is 5.07. The third-order valence-corrected chi connectivity index (χ3v) is 3.18. The van der Waals surface area contributed by atoms with Crippen molar-refractivity contribution in [3.8, 4) is 0 Å². The Kier molecular flexibility index (Phi) is 3.50. The number of rotatable bonds is 2. The summed E-state index contributed by atoms with van der Waals surface area (Å²) in [7, 11) is 0. The SMILES string of the molecule is CC[C@H]1CN(c2cnc(N)cn2)CCN1C(=O)O. The van der Waals surface area contributed by atoms with E-state index in [2.05, 4.69) is 9.97 Å². The molecule has 2 heterocycles. The van der Waals surface area contributed by atoms with Crippen LogP contribution >= 0.6 is 0 Å². The van der Waals surface area contributed by atoms with E-state index in [1.807, 2.05) is 11.8 Å². The van der Waals surface area contributed by atoms with Gasteiger partial charge in [-0.25, -0.2) is 14.8 Å². The van der Waals surface area contributed by atoms with Gasteiger partial charge in [-0.3, -0.25) is 0 Å². The Morgan fingerprint density at radius 3 is 2.83 bits per heavy atom. The van der Waals surface area contributed by atoms with Crippen molar-refractivity contribution in [1.29, 1.82) is 0 Å². The summed E-state index contributed by atoms with van der Waals surface area (Å²) in [6.07, 6.45) is 3.06. The number of nitrogen functional groups attached to an aromatic ring is 1. The summed E-state index contributed by atoms with van der Waals surface area (Å²) < 4.78 is 0. The normalized spacial score (nSPS) is 19.9. The highest BCUT2D eigenvalue weighted by atomic mass is 16.4. The quantitative estimate of drug-likeness (QED) is 0.800. The van der Waals surface area contributed by atoms with Gasteiger partial charge in [-0.2, -0.15) is 0 Å². The van der Waals surface area contributed by atoms with Crippen molar-refractivity contribution in [2.24, 2.45) is 0 Å². The van der Waals surface area contributed by atoms with Crippen LogP contribution in [0.2, 0.25) is 0 Å². The Hall–Kier alpha value is -2.05. The van der Waals surface area contributed by atoms with Crippen molar-refractivity contribution in [2.45, 2.75) is 19.4 Å². The Balaban J connectivity index is 2.09. The number of carbonyl (C=O) groups is 1. The van der Waals surface area contributed by atoms with Gasteiger partial charge in [0.1, 0.15) is 11.6 Å². The summed E-state index contributed by atoms with van der Waals surface area (Å²) in [6, 6.07) is -0.00407. The highest BCUT2D eigenvalue weighted by Crippen LogP contribution is 2.18. The largest absolute Gasteiger partial charge is 0.465 e. The van der Waals surface area contributed by atoms with Crippen LogP contribution in [0.5, 0.6) is 0 Å². The van der Waals surface area contributed by atoms with Crippen LogP contribution in [0, 0.1) is 0 Å². The molecule has 1 aromatic heterocycles. The molecule has 98 valence electrons. The fourth-order valence-corrected chi connectivity index (χ4v) is 2.16. The highest BCUT2D eigenvalue weighted by molar-refractivity contribution is 5.66. The number of nitrogens with zero attached hydrogens (tertiary/aromatic N) is 4. The second-order valence-electron chi connectivity index (χ2n) is 4.28. The average Bonchev–Trinajstić information content (AvgIpc) is 2.38. The van der Waals surface area contributed by atoms with Gasteiger partial charge < -0.3 is 20.6 Å². The number of hydrogen-bond donors (Lipinski definition) is 2. The summed E-state index contributed by atoms with van der Waals surface area (Å²) in [5, 5.41) is 9.10. The molecule has 0 unspecified atom stereocenters. The number of amides is 1. The number of carboxylic acid groups (broad SMARTS) is 1. The molecule has 1 aliphatic rings. The summed E-state index contributed by atoms with van der Waals surface area (Å²) in [6.45, 7) is 3.74. The van der Waals surface area contributed by atoms with Crippen molar-refractivity contribution in [1.82, 2.24) is 14.9 Å². The first-order valence-corrected chi connectivity index (χ1v) is 5.94. The van der Waals surface area contributed by atoms with Gasteiger partial charge in [-0.15, -0.1) is 0 Å². The molecular formula is C11H17N5O2. The van der Waals surface area contributed by atoms with E-state index >= 15 is 0 Å². The minimum atomic E-state index is -0.857. The fourth-order valence-electron chi connectivity index (χ4n) is 2.16. The Labute approximate surface area is 105 Å². The zero-order valence-electron chi connectivity index (χ0n) is 10.3. The molecule has 0 aliphatic carbocycles. The molecule has 1 saturated heterocycles. The van der Waals surface area contributed by atoms with Crippen molar-refractivity contribution >= 4 is 17.7 Å². The van der Waals surface area contributed by atoms with Gasteiger partial charge in [0.15, 0.2) is 0 Å². The molecule has 2 rings (SSSR count). The average molecular weight is 251 g/mol. The van der Waals surface area contributed by atoms with Gasteiger partial charge in [0, 0.05) is 19.6 Å². The lowest BCUT2D eigenvalue weighted by atomic mass is 10.1. The van der Waals surface area contributed by atoms with E-state index in [9.17, 15) is 4.79 Å². The standard InChI is InChI=1S/C11H17N5O2/c1-2-8-7-15(3-4-16(8)11(17)18)10-6-13-9(12)5-14-10/h5-6,8H,2-4,7H2,1H3,(H2,12,13)(H,17,18)/t8-/m0/s1. The number of hydrogen-bond acceptors (Lipinski definition) is 5. The molecule has 0 radical (unpaired) electrons. The minimum absolute atomic E-state index is 0.00407. The predicted molar refractivity (Wildman–Crippen MR) is 67.5 cm³/mol. The minimum Gasteiger partial charge on any atom is -0.465 e. The number of piperazine rings is 1. The fraction of sp³-hybridized carbons (Fsp3) is 0.545. The van der Waals surface area contributed by atoms with E-state index in [1.54, 1.807) is 6.20 Å². The van der Waals surface area contributed by atoms with Gasteiger partial charge in [0.05, 0.1) is 18.4 Å². The Bertz CT molecular complexity index is 422. The van der Waals surface area contributed by atoms with E-state index in [0.717, 1.165) is 12.2 Å². The van der Waals surface area contributed by atoms with Gasteiger partial charge >= 0.3 is 6.09 Å². The zero-order chi connectivity index (χ0) is 13.1. The molecule has 1 fully saturated rings. The smallest absolute Gasteiger partial charge is 0.407 e. The van der Waals surface area contributed by atoms with Crippen molar-refractivity contribution < 1.29 is 9.90 Å². The van der Waals surface area contributed by atoms with Crippen LogP contribution in [0.4, 0.5) is 16.4 Å². The van der Waals surface area contributed by atoms with Crippen LogP contribution in [0.25, 0.3) is 0 Å².